The van der Waals surface area contributed by atoms with E-state index in [9.17, 15) is 14.7 Å². The number of carbonyl (C=O) groups excluding carboxylic acids is 2. The monoisotopic (exact) mass is 452 g/mol. The Morgan fingerprint density at radius 1 is 1.09 bits per heavy atom. The predicted molar refractivity (Wildman–Crippen MR) is 128 cm³/mol. The average Bonchev–Trinajstić information content (AvgIpc) is 3.04. The number of Topliss-reactive ketones (excluding diaryl/α,β-unsaturated/α-hetero) is 1. The molecule has 176 valence electrons. The molecule has 0 radical (unpaired) electrons. The highest BCUT2D eigenvalue weighted by Crippen LogP contribution is 2.42. The molecule has 0 unspecified atom stereocenters. The first kappa shape index (κ1) is 24.3. The third kappa shape index (κ3) is 5.20. The Bertz CT molecular complexity index is 1040. The van der Waals surface area contributed by atoms with Crippen LogP contribution in [0, 0.1) is 6.92 Å². The Morgan fingerprint density at radius 3 is 2.39 bits per heavy atom. The summed E-state index contributed by atoms with van der Waals surface area (Å²) in [6, 6.07) is 11.8. The summed E-state index contributed by atoms with van der Waals surface area (Å²) in [6.07, 6.45) is 0.690. The number of likely N-dealkylation sites (tertiary alicyclic amines) is 1. The fraction of sp³-hybridized carbons (Fsp3) is 0.385. The molecule has 0 aliphatic carbocycles. The van der Waals surface area contributed by atoms with Crippen LogP contribution in [0.5, 0.6) is 11.5 Å². The number of hydrogen-bond acceptors (Lipinski definition) is 6. The fourth-order valence-corrected chi connectivity index (χ4v) is 4.01. The van der Waals surface area contributed by atoms with Gasteiger partial charge in [-0.15, -0.1) is 0 Å². The van der Waals surface area contributed by atoms with E-state index in [0.717, 1.165) is 12.1 Å². The lowest BCUT2D eigenvalue weighted by Crippen LogP contribution is -2.32. The van der Waals surface area contributed by atoms with E-state index >= 15 is 0 Å². The highest BCUT2D eigenvalue weighted by atomic mass is 16.5. The molecule has 0 aromatic heterocycles. The molecule has 3 rings (SSSR count). The summed E-state index contributed by atoms with van der Waals surface area (Å²) in [7, 11) is 5.46. The van der Waals surface area contributed by atoms with E-state index in [4.69, 9.17) is 9.47 Å². The summed E-state index contributed by atoms with van der Waals surface area (Å²) < 4.78 is 11.1. The zero-order chi connectivity index (χ0) is 24.1. The molecule has 1 atom stereocenters. The second-order valence-electron chi connectivity index (χ2n) is 8.36. The number of amides is 1. The van der Waals surface area contributed by atoms with E-state index in [2.05, 4.69) is 0 Å². The van der Waals surface area contributed by atoms with E-state index in [1.54, 1.807) is 36.3 Å². The Balaban J connectivity index is 2.12. The summed E-state index contributed by atoms with van der Waals surface area (Å²) in [5.41, 5.74) is 2.28. The van der Waals surface area contributed by atoms with Gasteiger partial charge in [0.15, 0.2) is 11.5 Å². The summed E-state index contributed by atoms with van der Waals surface area (Å²) in [6.45, 7) is 5.45. The molecule has 2 aromatic rings. The summed E-state index contributed by atoms with van der Waals surface area (Å²) >= 11 is 0. The van der Waals surface area contributed by atoms with Gasteiger partial charge in [-0.3, -0.25) is 9.59 Å². The average molecular weight is 453 g/mol. The molecular weight excluding hydrogens is 420 g/mol. The van der Waals surface area contributed by atoms with Gasteiger partial charge in [-0.1, -0.05) is 35.9 Å². The van der Waals surface area contributed by atoms with Crippen LogP contribution >= 0.6 is 0 Å². The van der Waals surface area contributed by atoms with Crippen LogP contribution in [-0.4, -0.2) is 67.5 Å². The normalized spacial score (nSPS) is 17.6. The molecule has 0 saturated carbocycles. The number of nitrogens with zero attached hydrogens (tertiary/aromatic N) is 2. The van der Waals surface area contributed by atoms with Crippen LogP contribution < -0.4 is 9.47 Å². The maximum Gasteiger partial charge on any atom is 0.295 e. The van der Waals surface area contributed by atoms with Crippen molar-refractivity contribution in [3.05, 3.63) is 64.7 Å². The van der Waals surface area contributed by atoms with Crippen LogP contribution in [0.1, 0.15) is 36.1 Å². The van der Waals surface area contributed by atoms with E-state index < -0.39 is 17.7 Å². The number of aliphatic hydroxyl groups is 1. The Labute approximate surface area is 195 Å². The largest absolute Gasteiger partial charge is 0.507 e. The molecule has 1 saturated heterocycles. The summed E-state index contributed by atoms with van der Waals surface area (Å²) in [5, 5.41) is 11.1. The molecule has 1 heterocycles. The van der Waals surface area contributed by atoms with Crippen molar-refractivity contribution in [1.82, 2.24) is 9.80 Å². The summed E-state index contributed by atoms with van der Waals surface area (Å²) in [5.74, 6) is -0.396. The number of aryl methyl sites for hydroxylation is 1. The molecule has 2 aromatic carbocycles. The van der Waals surface area contributed by atoms with E-state index in [1.165, 1.54) is 0 Å². The van der Waals surface area contributed by atoms with E-state index in [0.29, 0.717) is 42.2 Å². The van der Waals surface area contributed by atoms with Crippen LogP contribution in [0.4, 0.5) is 0 Å². The standard InChI is InChI=1S/C26H32N2O5/c1-6-33-20-13-12-19(16-21(20)32-5)23-22(24(29)18-10-8-17(2)9-11-18)25(30)26(31)28(23)15-7-14-27(3)4/h8-13,16,23,29H,6-7,14-15H2,1-5H3/t23-/m1/s1. The van der Waals surface area contributed by atoms with Crippen molar-refractivity contribution in [2.45, 2.75) is 26.3 Å². The van der Waals surface area contributed by atoms with E-state index in [1.807, 2.05) is 51.0 Å². The molecule has 33 heavy (non-hydrogen) atoms. The number of carbonyl (C=O) groups is 2. The van der Waals surface area contributed by atoms with Gasteiger partial charge in [0, 0.05) is 12.1 Å². The van der Waals surface area contributed by atoms with Gasteiger partial charge in [-0.05, 0) is 58.6 Å². The quantitative estimate of drug-likeness (QED) is 0.354. The second kappa shape index (κ2) is 10.5. The van der Waals surface area contributed by atoms with Crippen LogP contribution in [0.2, 0.25) is 0 Å². The lowest BCUT2D eigenvalue weighted by Gasteiger charge is -2.26. The smallest absolute Gasteiger partial charge is 0.295 e. The molecule has 0 spiro atoms. The molecule has 7 nitrogen and oxygen atoms in total. The maximum absolute atomic E-state index is 13.1. The van der Waals surface area contributed by atoms with Crippen LogP contribution in [-0.2, 0) is 9.59 Å². The van der Waals surface area contributed by atoms with Gasteiger partial charge in [-0.25, -0.2) is 0 Å². The first-order chi connectivity index (χ1) is 15.8. The van der Waals surface area contributed by atoms with Crippen molar-refractivity contribution in [3.63, 3.8) is 0 Å². The number of ketones is 1. The number of ether oxygens (including phenoxy) is 2. The highest BCUT2D eigenvalue weighted by molar-refractivity contribution is 6.46. The van der Waals surface area contributed by atoms with Crippen molar-refractivity contribution < 1.29 is 24.2 Å². The minimum absolute atomic E-state index is 0.0833. The van der Waals surface area contributed by atoms with Crippen LogP contribution in [0.15, 0.2) is 48.0 Å². The lowest BCUT2D eigenvalue weighted by atomic mass is 9.94. The van der Waals surface area contributed by atoms with Gasteiger partial charge in [0.2, 0.25) is 0 Å². The number of benzene rings is 2. The summed E-state index contributed by atoms with van der Waals surface area (Å²) in [4.78, 5) is 29.7. The number of rotatable bonds is 9. The van der Waals surface area contributed by atoms with Crippen LogP contribution in [0.25, 0.3) is 5.76 Å². The van der Waals surface area contributed by atoms with Gasteiger partial charge in [0.1, 0.15) is 5.76 Å². The van der Waals surface area contributed by atoms with Crippen molar-refractivity contribution in [2.75, 3.05) is 40.9 Å². The van der Waals surface area contributed by atoms with Gasteiger partial charge in [-0.2, -0.15) is 0 Å². The molecule has 1 N–H and O–H groups in total. The minimum Gasteiger partial charge on any atom is -0.507 e. The van der Waals surface area contributed by atoms with Gasteiger partial charge in [0.25, 0.3) is 11.7 Å². The molecule has 0 bridgehead atoms. The third-order valence-electron chi connectivity index (χ3n) is 5.67. The number of hydrogen-bond donors (Lipinski definition) is 1. The molecule has 1 aliphatic rings. The SMILES string of the molecule is CCOc1ccc([C@@H]2C(=C(O)c3ccc(C)cc3)C(=O)C(=O)N2CCCN(C)C)cc1OC. The molecule has 1 amide bonds. The lowest BCUT2D eigenvalue weighted by molar-refractivity contribution is -0.139. The van der Waals surface area contributed by atoms with Crippen LogP contribution in [0.3, 0.4) is 0 Å². The van der Waals surface area contributed by atoms with Gasteiger partial charge in [0.05, 0.1) is 25.3 Å². The van der Waals surface area contributed by atoms with Crippen molar-refractivity contribution in [2.24, 2.45) is 0 Å². The molecule has 7 heteroatoms. The topological polar surface area (TPSA) is 79.3 Å². The maximum atomic E-state index is 13.1. The third-order valence-corrected chi connectivity index (χ3v) is 5.67. The van der Waals surface area contributed by atoms with Crippen molar-refractivity contribution in [1.29, 1.82) is 0 Å². The number of methoxy groups -OCH3 is 1. The van der Waals surface area contributed by atoms with Gasteiger partial charge < -0.3 is 24.4 Å². The number of aliphatic hydroxyl groups excluding tert-OH is 1. The second-order valence-corrected chi connectivity index (χ2v) is 8.36. The Kier molecular flexibility index (Phi) is 7.76. The first-order valence-electron chi connectivity index (χ1n) is 11.1. The molecule has 1 aliphatic heterocycles. The first-order valence-corrected chi connectivity index (χ1v) is 11.1. The molecular formula is C26H32N2O5. The highest BCUT2D eigenvalue weighted by Gasteiger charge is 2.46. The van der Waals surface area contributed by atoms with E-state index in [-0.39, 0.29) is 11.3 Å². The van der Waals surface area contributed by atoms with Crippen molar-refractivity contribution in [3.8, 4) is 11.5 Å². The zero-order valence-corrected chi connectivity index (χ0v) is 19.9. The van der Waals surface area contributed by atoms with Gasteiger partial charge >= 0.3 is 0 Å². The zero-order valence-electron chi connectivity index (χ0n) is 19.9. The Hall–Kier alpha value is -3.32. The predicted octanol–water partition coefficient (Wildman–Crippen LogP) is 3.78. The Morgan fingerprint density at radius 2 is 1.79 bits per heavy atom. The van der Waals surface area contributed by atoms with Crippen molar-refractivity contribution >= 4 is 17.4 Å². The molecule has 1 fully saturated rings. The minimum atomic E-state index is -0.724. The fourth-order valence-electron chi connectivity index (χ4n) is 4.01.